The molecule has 1 aliphatic heterocycles. The van der Waals surface area contributed by atoms with Crippen LogP contribution >= 0.6 is 12.4 Å². The van der Waals surface area contributed by atoms with Gasteiger partial charge in [0.2, 0.25) is 5.91 Å². The number of aryl methyl sites for hydroxylation is 2. The highest BCUT2D eigenvalue weighted by atomic mass is 35.5. The molecule has 0 saturated carbocycles. The second kappa shape index (κ2) is 6.70. The van der Waals surface area contributed by atoms with Crippen molar-refractivity contribution >= 4 is 24.0 Å². The van der Waals surface area contributed by atoms with Crippen molar-refractivity contribution < 1.29 is 18.0 Å². The second-order valence-electron chi connectivity index (χ2n) is 5.22. The molecule has 2 N–H and O–H groups in total. The van der Waals surface area contributed by atoms with Crippen LogP contribution in [0.3, 0.4) is 0 Å². The van der Waals surface area contributed by atoms with E-state index in [-0.39, 0.29) is 31.1 Å². The third-order valence-corrected chi connectivity index (χ3v) is 3.66. The second-order valence-corrected chi connectivity index (χ2v) is 5.22. The third-order valence-electron chi connectivity index (χ3n) is 3.66. The van der Waals surface area contributed by atoms with Gasteiger partial charge in [0.1, 0.15) is 0 Å². The number of carbonyl (C=O) groups is 1. The maximum atomic E-state index is 12.8. The van der Waals surface area contributed by atoms with Crippen molar-refractivity contribution in [3.63, 3.8) is 0 Å². The molecule has 1 aromatic heterocycles. The largest absolute Gasteiger partial charge is 0.393 e. The number of nitrogens with zero attached hydrogens (tertiary/aromatic N) is 1. The third kappa shape index (κ3) is 3.80. The number of halogens is 4. The summed E-state index contributed by atoms with van der Waals surface area (Å²) in [6, 6.07) is 1.32. The number of nitrogens with one attached hydrogen (secondary N) is 2. The molecule has 0 unspecified atom stereocenters. The minimum Gasteiger partial charge on any atom is -0.324 e. The van der Waals surface area contributed by atoms with E-state index in [0.29, 0.717) is 11.3 Å². The Morgan fingerprint density at radius 2 is 2.05 bits per heavy atom. The molecule has 1 saturated heterocycles. The Hall–Kier alpha value is -1.54. The highest BCUT2D eigenvalue weighted by molar-refractivity contribution is 5.93. The first kappa shape index (κ1) is 18.5. The van der Waals surface area contributed by atoms with Crippen LogP contribution in [0.5, 0.6) is 0 Å². The van der Waals surface area contributed by atoms with Crippen LogP contribution in [0.2, 0.25) is 0 Å². The van der Waals surface area contributed by atoms with Crippen LogP contribution in [0.4, 0.5) is 18.9 Å². The summed E-state index contributed by atoms with van der Waals surface area (Å²) in [6.07, 6.45) is -3.01. The van der Waals surface area contributed by atoms with Gasteiger partial charge in [0, 0.05) is 32.4 Å². The Bertz CT molecular complexity index is 616. The van der Waals surface area contributed by atoms with E-state index in [1.54, 1.807) is 6.92 Å². The predicted molar refractivity (Wildman–Crippen MR) is 78.2 cm³/mol. The molecule has 1 aliphatic rings. The van der Waals surface area contributed by atoms with Crippen LogP contribution in [0, 0.1) is 18.8 Å². The molecule has 0 aliphatic carbocycles. The lowest BCUT2D eigenvalue weighted by atomic mass is 9.94. The number of anilines is 1. The molecule has 22 heavy (non-hydrogen) atoms. The number of aromatic nitrogens is 1. The molecular weight excluding hydrogens is 323 g/mol. The van der Waals surface area contributed by atoms with Gasteiger partial charge in [-0.2, -0.15) is 13.2 Å². The zero-order valence-electron chi connectivity index (χ0n) is 12.0. The first-order valence-corrected chi connectivity index (χ1v) is 6.45. The van der Waals surface area contributed by atoms with E-state index < -0.39 is 23.9 Å². The zero-order chi connectivity index (χ0) is 15.8. The minimum atomic E-state index is -4.41. The van der Waals surface area contributed by atoms with Crippen molar-refractivity contribution in [3.8, 4) is 0 Å². The normalized spacial score (nSPS) is 21.3. The van der Waals surface area contributed by atoms with E-state index in [1.165, 1.54) is 23.9 Å². The standard InChI is InChI=1S/C13H16F3N3O2.ClH/c1-7-3-11(20)19(2)6-10(7)18-12(21)8-4-17-5-9(8)13(14,15)16;/h3,6,8-9,17H,4-5H2,1-2H3,(H,18,21);1H/t8-,9-;/m1./s1. The van der Waals surface area contributed by atoms with Crippen molar-refractivity contribution in [2.45, 2.75) is 13.1 Å². The molecule has 1 amide bonds. The Kier molecular flexibility index (Phi) is 5.64. The summed E-state index contributed by atoms with van der Waals surface area (Å²) in [5.41, 5.74) is 0.608. The van der Waals surface area contributed by atoms with E-state index in [0.717, 1.165) is 0 Å². The highest BCUT2D eigenvalue weighted by Gasteiger charge is 2.49. The summed E-state index contributed by atoms with van der Waals surface area (Å²) in [5.74, 6) is -3.55. The predicted octanol–water partition coefficient (Wildman–Crippen LogP) is 1.45. The number of hydrogen-bond acceptors (Lipinski definition) is 3. The van der Waals surface area contributed by atoms with Crippen LogP contribution in [0.1, 0.15) is 5.56 Å². The summed E-state index contributed by atoms with van der Waals surface area (Å²) in [6.45, 7) is 1.35. The molecule has 2 atom stereocenters. The molecule has 0 aromatic carbocycles. The zero-order valence-corrected chi connectivity index (χ0v) is 12.8. The lowest BCUT2D eigenvalue weighted by Crippen LogP contribution is -2.37. The van der Waals surface area contributed by atoms with Gasteiger partial charge in [-0.1, -0.05) is 0 Å². The van der Waals surface area contributed by atoms with E-state index in [2.05, 4.69) is 10.6 Å². The van der Waals surface area contributed by atoms with Crippen LogP contribution in [-0.4, -0.2) is 29.7 Å². The van der Waals surface area contributed by atoms with Gasteiger partial charge in [0.05, 0.1) is 17.5 Å². The van der Waals surface area contributed by atoms with Crippen molar-refractivity contribution in [2.75, 3.05) is 18.4 Å². The molecule has 124 valence electrons. The van der Waals surface area contributed by atoms with E-state index in [9.17, 15) is 22.8 Å². The van der Waals surface area contributed by atoms with Gasteiger partial charge in [0.25, 0.3) is 5.56 Å². The molecule has 2 rings (SSSR count). The SMILES string of the molecule is Cc1cc(=O)n(C)cc1NC(=O)[C@@H]1CNC[C@H]1C(F)(F)F.Cl. The van der Waals surface area contributed by atoms with Crippen molar-refractivity contribution in [3.05, 3.63) is 28.2 Å². The van der Waals surface area contributed by atoms with Crippen molar-refractivity contribution in [1.82, 2.24) is 9.88 Å². The van der Waals surface area contributed by atoms with Gasteiger partial charge in [-0.15, -0.1) is 12.4 Å². The average molecular weight is 340 g/mol. The lowest BCUT2D eigenvalue weighted by Gasteiger charge is -2.21. The number of hydrogen-bond donors (Lipinski definition) is 2. The molecule has 0 radical (unpaired) electrons. The Morgan fingerprint density at radius 1 is 1.41 bits per heavy atom. The molecule has 0 bridgehead atoms. The molecule has 9 heteroatoms. The van der Waals surface area contributed by atoms with Crippen LogP contribution in [0.15, 0.2) is 17.1 Å². The number of carbonyl (C=O) groups excluding carboxylic acids is 1. The monoisotopic (exact) mass is 339 g/mol. The fraction of sp³-hybridized carbons (Fsp3) is 0.538. The van der Waals surface area contributed by atoms with Gasteiger partial charge in [-0.05, 0) is 12.5 Å². The summed E-state index contributed by atoms with van der Waals surface area (Å²) in [4.78, 5) is 23.5. The Morgan fingerprint density at radius 3 is 2.64 bits per heavy atom. The molecule has 0 spiro atoms. The number of pyridine rings is 1. The summed E-state index contributed by atoms with van der Waals surface area (Å²) in [7, 11) is 1.51. The van der Waals surface area contributed by atoms with E-state index in [1.807, 2.05) is 0 Å². The Balaban J connectivity index is 0.00000242. The minimum absolute atomic E-state index is 0. The van der Waals surface area contributed by atoms with Crippen LogP contribution in [-0.2, 0) is 11.8 Å². The number of rotatable bonds is 2. The first-order valence-electron chi connectivity index (χ1n) is 6.45. The Labute approximate surface area is 131 Å². The quantitative estimate of drug-likeness (QED) is 0.857. The molecule has 1 fully saturated rings. The van der Waals surface area contributed by atoms with Crippen LogP contribution < -0.4 is 16.2 Å². The van der Waals surface area contributed by atoms with Crippen molar-refractivity contribution in [2.24, 2.45) is 18.9 Å². The summed E-state index contributed by atoms with van der Waals surface area (Å²) < 4.78 is 39.8. The van der Waals surface area contributed by atoms with E-state index in [4.69, 9.17) is 0 Å². The van der Waals surface area contributed by atoms with Gasteiger partial charge in [-0.3, -0.25) is 9.59 Å². The topological polar surface area (TPSA) is 63.1 Å². The average Bonchev–Trinajstić information content (AvgIpc) is 2.85. The maximum absolute atomic E-state index is 12.8. The highest BCUT2D eigenvalue weighted by Crippen LogP contribution is 2.35. The van der Waals surface area contributed by atoms with Gasteiger partial charge in [0.15, 0.2) is 0 Å². The smallest absolute Gasteiger partial charge is 0.324 e. The van der Waals surface area contributed by atoms with Crippen molar-refractivity contribution in [1.29, 1.82) is 0 Å². The fourth-order valence-electron chi connectivity index (χ4n) is 2.38. The number of alkyl halides is 3. The molecule has 1 aromatic rings. The van der Waals surface area contributed by atoms with Gasteiger partial charge in [-0.25, -0.2) is 0 Å². The summed E-state index contributed by atoms with van der Waals surface area (Å²) in [5, 5.41) is 5.08. The molecule has 5 nitrogen and oxygen atoms in total. The van der Waals surface area contributed by atoms with Crippen LogP contribution in [0.25, 0.3) is 0 Å². The maximum Gasteiger partial charge on any atom is 0.393 e. The molecular formula is C13H17ClF3N3O2. The first-order chi connectivity index (χ1) is 9.70. The molecule has 2 heterocycles. The van der Waals surface area contributed by atoms with E-state index >= 15 is 0 Å². The fourth-order valence-corrected chi connectivity index (χ4v) is 2.38. The van der Waals surface area contributed by atoms with Gasteiger partial charge >= 0.3 is 6.18 Å². The van der Waals surface area contributed by atoms with Gasteiger partial charge < -0.3 is 15.2 Å². The summed E-state index contributed by atoms with van der Waals surface area (Å²) >= 11 is 0. The lowest BCUT2D eigenvalue weighted by molar-refractivity contribution is -0.181. The number of amides is 1.